The zero-order valence-corrected chi connectivity index (χ0v) is 9.79. The lowest BCUT2D eigenvalue weighted by Crippen LogP contribution is -1.97. The molecule has 0 saturated heterocycles. The van der Waals surface area contributed by atoms with Crippen molar-refractivity contribution in [3.05, 3.63) is 47.2 Å². The third-order valence-electron chi connectivity index (χ3n) is 2.33. The highest BCUT2D eigenvalue weighted by molar-refractivity contribution is 9.10. The van der Waals surface area contributed by atoms with Gasteiger partial charge in [-0.2, -0.15) is 0 Å². The van der Waals surface area contributed by atoms with Crippen LogP contribution in [0.3, 0.4) is 0 Å². The van der Waals surface area contributed by atoms with Crippen LogP contribution in [0.1, 0.15) is 0 Å². The summed E-state index contributed by atoms with van der Waals surface area (Å²) in [5.74, 6) is 0. The molecule has 78 valence electrons. The molecular formula is C11H7BrN4. The van der Waals surface area contributed by atoms with Gasteiger partial charge < -0.3 is 0 Å². The van der Waals surface area contributed by atoms with E-state index in [1.165, 1.54) is 0 Å². The number of pyridine rings is 1. The predicted molar refractivity (Wildman–Crippen MR) is 64.4 cm³/mol. The van der Waals surface area contributed by atoms with Crippen LogP contribution in [0.2, 0.25) is 0 Å². The number of hydrogen-bond donors (Lipinski definition) is 0. The molecule has 2 heterocycles. The molecule has 0 bridgehead atoms. The van der Waals surface area contributed by atoms with Gasteiger partial charge >= 0.3 is 0 Å². The maximum absolute atomic E-state index is 4.14. The third-order valence-corrected chi connectivity index (χ3v) is 2.94. The largest absolute Gasteiger partial charge is 0.263 e. The topological polar surface area (TPSA) is 43.6 Å². The number of benzene rings is 1. The number of para-hydroxylation sites is 1. The van der Waals surface area contributed by atoms with Crippen LogP contribution in [0, 0.1) is 0 Å². The van der Waals surface area contributed by atoms with Crippen molar-refractivity contribution in [3.8, 4) is 5.69 Å². The van der Waals surface area contributed by atoms with E-state index in [4.69, 9.17) is 0 Å². The Bertz CT molecular complexity index is 647. The van der Waals surface area contributed by atoms with Crippen molar-refractivity contribution in [2.24, 2.45) is 0 Å². The van der Waals surface area contributed by atoms with Gasteiger partial charge in [-0.15, -0.1) is 5.10 Å². The Kier molecular flexibility index (Phi) is 2.18. The second-order valence-corrected chi connectivity index (χ2v) is 4.17. The van der Waals surface area contributed by atoms with Gasteiger partial charge in [0.25, 0.3) is 0 Å². The van der Waals surface area contributed by atoms with Crippen LogP contribution in [0.4, 0.5) is 0 Å². The fourth-order valence-electron chi connectivity index (χ4n) is 1.59. The fraction of sp³-hybridized carbons (Fsp3) is 0. The van der Waals surface area contributed by atoms with Crippen molar-refractivity contribution in [1.29, 1.82) is 0 Å². The van der Waals surface area contributed by atoms with Gasteiger partial charge in [0.05, 0.1) is 15.7 Å². The first kappa shape index (κ1) is 9.47. The average Bonchev–Trinajstić information content (AvgIpc) is 2.74. The monoisotopic (exact) mass is 274 g/mol. The van der Waals surface area contributed by atoms with E-state index in [1.54, 1.807) is 17.1 Å². The summed E-state index contributed by atoms with van der Waals surface area (Å²) in [6, 6.07) is 9.74. The summed E-state index contributed by atoms with van der Waals surface area (Å²) in [6.45, 7) is 0. The van der Waals surface area contributed by atoms with Gasteiger partial charge in [0.2, 0.25) is 0 Å². The number of rotatable bonds is 1. The summed E-state index contributed by atoms with van der Waals surface area (Å²) < 4.78 is 2.69. The lowest BCUT2D eigenvalue weighted by Gasteiger charge is -2.03. The number of nitrogens with zero attached hydrogens (tertiary/aromatic N) is 4. The van der Waals surface area contributed by atoms with Crippen LogP contribution < -0.4 is 0 Å². The Morgan fingerprint density at radius 1 is 1.12 bits per heavy atom. The van der Waals surface area contributed by atoms with E-state index in [0.717, 1.165) is 21.2 Å². The summed E-state index contributed by atoms with van der Waals surface area (Å²) in [6.07, 6.45) is 3.47. The first-order valence-corrected chi connectivity index (χ1v) is 5.56. The Balaban J connectivity index is 2.31. The SMILES string of the molecule is Brc1cnccc1-n1nnc2ccccc21. The number of aromatic nitrogens is 4. The second-order valence-electron chi connectivity index (χ2n) is 3.32. The Hall–Kier alpha value is -1.75. The molecule has 3 aromatic rings. The van der Waals surface area contributed by atoms with Crippen LogP contribution in [0.15, 0.2) is 47.2 Å². The van der Waals surface area contributed by atoms with E-state index in [-0.39, 0.29) is 0 Å². The van der Waals surface area contributed by atoms with Gasteiger partial charge in [0, 0.05) is 12.4 Å². The molecule has 5 heteroatoms. The molecule has 0 fully saturated rings. The van der Waals surface area contributed by atoms with Crippen LogP contribution in [-0.4, -0.2) is 20.0 Å². The first-order chi connectivity index (χ1) is 7.86. The molecule has 0 spiro atoms. The molecule has 0 saturated carbocycles. The summed E-state index contributed by atoms with van der Waals surface area (Å²) in [4.78, 5) is 4.03. The van der Waals surface area contributed by atoms with Crippen molar-refractivity contribution in [2.45, 2.75) is 0 Å². The van der Waals surface area contributed by atoms with Crippen LogP contribution in [0.25, 0.3) is 16.7 Å². The van der Waals surface area contributed by atoms with Crippen molar-refractivity contribution >= 4 is 27.0 Å². The van der Waals surface area contributed by atoms with Gasteiger partial charge in [-0.3, -0.25) is 4.98 Å². The number of hydrogen-bond acceptors (Lipinski definition) is 3. The molecule has 0 aliphatic carbocycles. The van der Waals surface area contributed by atoms with Gasteiger partial charge in [-0.1, -0.05) is 17.3 Å². The van der Waals surface area contributed by atoms with E-state index >= 15 is 0 Å². The molecule has 1 aromatic carbocycles. The van der Waals surface area contributed by atoms with Gasteiger partial charge in [0.1, 0.15) is 5.52 Å². The molecule has 0 aliphatic heterocycles. The van der Waals surface area contributed by atoms with E-state index < -0.39 is 0 Å². The minimum absolute atomic E-state index is 0.881. The van der Waals surface area contributed by atoms with Crippen LogP contribution in [-0.2, 0) is 0 Å². The molecule has 2 aromatic heterocycles. The molecule has 0 amide bonds. The highest BCUT2D eigenvalue weighted by Gasteiger charge is 2.07. The molecule has 0 atom stereocenters. The molecular weight excluding hydrogens is 268 g/mol. The molecule has 16 heavy (non-hydrogen) atoms. The minimum Gasteiger partial charge on any atom is -0.263 e. The number of fused-ring (bicyclic) bond motifs is 1. The zero-order valence-electron chi connectivity index (χ0n) is 8.21. The Morgan fingerprint density at radius 3 is 2.88 bits per heavy atom. The van der Waals surface area contributed by atoms with Crippen molar-refractivity contribution < 1.29 is 0 Å². The smallest absolute Gasteiger partial charge is 0.113 e. The summed E-state index contributed by atoms with van der Waals surface area (Å²) in [7, 11) is 0. The first-order valence-electron chi connectivity index (χ1n) is 4.76. The summed E-state index contributed by atoms with van der Waals surface area (Å²) in [5.41, 5.74) is 2.80. The van der Waals surface area contributed by atoms with E-state index in [9.17, 15) is 0 Å². The molecule has 3 rings (SSSR count). The normalized spacial score (nSPS) is 10.8. The molecule has 0 radical (unpaired) electrons. The molecule has 0 N–H and O–H groups in total. The standard InChI is InChI=1S/C11H7BrN4/c12-8-7-13-6-5-10(8)16-11-4-2-1-3-9(11)14-15-16/h1-7H. The summed E-state index contributed by atoms with van der Waals surface area (Å²) >= 11 is 3.45. The molecule has 0 unspecified atom stereocenters. The van der Waals surface area contributed by atoms with Crippen molar-refractivity contribution in [2.75, 3.05) is 0 Å². The van der Waals surface area contributed by atoms with E-state index in [2.05, 4.69) is 31.2 Å². The predicted octanol–water partition coefficient (Wildman–Crippen LogP) is 2.58. The lowest BCUT2D eigenvalue weighted by atomic mass is 10.3. The van der Waals surface area contributed by atoms with Crippen molar-refractivity contribution in [3.63, 3.8) is 0 Å². The van der Waals surface area contributed by atoms with Gasteiger partial charge in [-0.25, -0.2) is 4.68 Å². The zero-order chi connectivity index (χ0) is 11.0. The maximum Gasteiger partial charge on any atom is 0.113 e. The lowest BCUT2D eigenvalue weighted by molar-refractivity contribution is 0.819. The average molecular weight is 275 g/mol. The highest BCUT2D eigenvalue weighted by Crippen LogP contribution is 2.22. The number of halogens is 1. The van der Waals surface area contributed by atoms with Gasteiger partial charge in [-0.05, 0) is 34.1 Å². The highest BCUT2D eigenvalue weighted by atomic mass is 79.9. The quantitative estimate of drug-likeness (QED) is 0.685. The molecule has 4 nitrogen and oxygen atoms in total. The van der Waals surface area contributed by atoms with E-state index in [0.29, 0.717) is 0 Å². The van der Waals surface area contributed by atoms with Crippen LogP contribution >= 0.6 is 15.9 Å². The van der Waals surface area contributed by atoms with Crippen LogP contribution in [0.5, 0.6) is 0 Å². The third kappa shape index (κ3) is 1.40. The van der Waals surface area contributed by atoms with Crippen molar-refractivity contribution in [1.82, 2.24) is 20.0 Å². The fourth-order valence-corrected chi connectivity index (χ4v) is 2.00. The maximum atomic E-state index is 4.14. The Morgan fingerprint density at radius 2 is 2.00 bits per heavy atom. The van der Waals surface area contributed by atoms with Gasteiger partial charge in [0.15, 0.2) is 0 Å². The summed E-state index contributed by atoms with van der Waals surface area (Å²) in [5, 5.41) is 8.24. The molecule has 0 aliphatic rings. The second kappa shape index (κ2) is 3.68. The van der Waals surface area contributed by atoms with E-state index in [1.807, 2.05) is 30.3 Å². The minimum atomic E-state index is 0.881. The Labute approximate surface area is 100 Å².